The van der Waals surface area contributed by atoms with Crippen LogP contribution in [0.3, 0.4) is 0 Å². The Balaban J connectivity index is 2.22. The molecule has 25 heavy (non-hydrogen) atoms. The van der Waals surface area contributed by atoms with Gasteiger partial charge in [-0.1, -0.05) is 0 Å². The summed E-state index contributed by atoms with van der Waals surface area (Å²) in [4.78, 5) is 37.8. The summed E-state index contributed by atoms with van der Waals surface area (Å²) in [6.07, 6.45) is 1.04. The number of carboxylic acids is 1. The molecule has 0 unspecified atom stereocenters. The molecule has 0 saturated carbocycles. The smallest absolute Gasteiger partial charge is 0.408 e. The van der Waals surface area contributed by atoms with Crippen LogP contribution in [0.25, 0.3) is 0 Å². The van der Waals surface area contributed by atoms with Gasteiger partial charge in [-0.2, -0.15) is 0 Å². The van der Waals surface area contributed by atoms with Crippen LogP contribution >= 0.6 is 0 Å². The van der Waals surface area contributed by atoms with Gasteiger partial charge in [0, 0.05) is 6.04 Å². The summed E-state index contributed by atoms with van der Waals surface area (Å²) in [6, 6.07) is -2.18. The van der Waals surface area contributed by atoms with E-state index in [9.17, 15) is 24.6 Å². The van der Waals surface area contributed by atoms with Crippen LogP contribution in [0.15, 0.2) is 0 Å². The van der Waals surface area contributed by atoms with Crippen molar-refractivity contribution < 1.29 is 29.3 Å². The van der Waals surface area contributed by atoms with Gasteiger partial charge in [-0.15, -0.1) is 0 Å². The molecule has 4 atom stereocenters. The molecule has 2 aliphatic rings. The van der Waals surface area contributed by atoms with E-state index in [2.05, 4.69) is 5.32 Å². The van der Waals surface area contributed by atoms with Gasteiger partial charge in [0.25, 0.3) is 0 Å². The molecule has 0 aromatic rings. The molecule has 0 aromatic heterocycles. The van der Waals surface area contributed by atoms with Crippen molar-refractivity contribution in [3.63, 3.8) is 0 Å². The quantitative estimate of drug-likeness (QED) is 0.686. The Hall–Kier alpha value is -1.83. The lowest BCUT2D eigenvalue weighted by molar-refractivity contribution is -0.152. The highest BCUT2D eigenvalue weighted by molar-refractivity contribution is 5.90. The monoisotopic (exact) mass is 356 g/mol. The maximum absolute atomic E-state index is 12.9. The van der Waals surface area contributed by atoms with E-state index in [-0.39, 0.29) is 12.5 Å². The van der Waals surface area contributed by atoms with E-state index >= 15 is 0 Å². The van der Waals surface area contributed by atoms with Gasteiger partial charge in [0.15, 0.2) is 0 Å². The van der Waals surface area contributed by atoms with E-state index < -0.39 is 41.3 Å². The second-order valence-electron chi connectivity index (χ2n) is 8.27. The summed E-state index contributed by atoms with van der Waals surface area (Å²) < 4.78 is 5.20. The minimum Gasteiger partial charge on any atom is -0.480 e. The molecule has 0 aromatic carbocycles. The molecule has 0 bridgehead atoms. The van der Waals surface area contributed by atoms with Crippen molar-refractivity contribution in [3.05, 3.63) is 0 Å². The van der Waals surface area contributed by atoms with Crippen molar-refractivity contribution >= 4 is 18.0 Å². The van der Waals surface area contributed by atoms with Crippen molar-refractivity contribution in [1.29, 1.82) is 0 Å². The Kier molecular flexibility index (Phi) is 5.32. The number of alkyl carbamates (subject to hydrolysis) is 1. The van der Waals surface area contributed by atoms with Crippen LogP contribution in [0.2, 0.25) is 0 Å². The molecule has 0 aliphatic carbocycles. The van der Waals surface area contributed by atoms with E-state index in [4.69, 9.17) is 4.74 Å². The lowest BCUT2D eigenvalue weighted by Crippen LogP contribution is -2.57. The molecule has 2 heterocycles. The van der Waals surface area contributed by atoms with Gasteiger partial charge in [-0.05, 0) is 59.8 Å². The maximum Gasteiger partial charge on any atom is 0.408 e. The fourth-order valence-electron chi connectivity index (χ4n) is 3.61. The molecule has 2 saturated heterocycles. The van der Waals surface area contributed by atoms with E-state index in [1.54, 1.807) is 27.7 Å². The number of amides is 2. The van der Waals surface area contributed by atoms with E-state index in [0.29, 0.717) is 25.7 Å². The lowest BCUT2D eigenvalue weighted by Gasteiger charge is -2.39. The van der Waals surface area contributed by atoms with Crippen LogP contribution in [-0.4, -0.2) is 62.4 Å². The van der Waals surface area contributed by atoms with Crippen molar-refractivity contribution in [1.82, 2.24) is 10.2 Å². The molecule has 2 amide bonds. The first-order chi connectivity index (χ1) is 11.4. The van der Waals surface area contributed by atoms with Gasteiger partial charge in [0.1, 0.15) is 17.7 Å². The number of fused-ring (bicyclic) bond motifs is 1. The van der Waals surface area contributed by atoms with Crippen molar-refractivity contribution in [3.8, 4) is 0 Å². The van der Waals surface area contributed by atoms with Gasteiger partial charge in [-0.3, -0.25) is 4.79 Å². The number of hydrogen-bond donors (Lipinski definition) is 3. The highest BCUT2D eigenvalue weighted by Gasteiger charge is 2.47. The second-order valence-corrected chi connectivity index (χ2v) is 8.27. The SMILES string of the molecule is CC(C)(C)OC(=O)N[C@H]1CC[C@](C)(O)C[C@H]2CC[C@@H](C(=O)O)N2C1=O. The predicted molar refractivity (Wildman–Crippen MR) is 88.9 cm³/mol. The lowest BCUT2D eigenvalue weighted by atomic mass is 9.87. The second kappa shape index (κ2) is 6.82. The van der Waals surface area contributed by atoms with Crippen LogP contribution in [0.1, 0.15) is 59.8 Å². The third-order valence-electron chi connectivity index (χ3n) is 4.68. The highest BCUT2D eigenvalue weighted by atomic mass is 16.6. The van der Waals surface area contributed by atoms with Gasteiger partial charge >= 0.3 is 12.1 Å². The fraction of sp³-hybridized carbons (Fsp3) is 0.824. The first kappa shape index (κ1) is 19.5. The Morgan fingerprint density at radius 1 is 1.28 bits per heavy atom. The number of carbonyl (C=O) groups is 3. The summed E-state index contributed by atoms with van der Waals surface area (Å²) in [7, 11) is 0. The minimum absolute atomic E-state index is 0.223. The molecule has 0 spiro atoms. The molecule has 2 aliphatic heterocycles. The van der Waals surface area contributed by atoms with Gasteiger partial charge in [0.2, 0.25) is 5.91 Å². The zero-order valence-corrected chi connectivity index (χ0v) is 15.2. The third kappa shape index (κ3) is 4.84. The maximum atomic E-state index is 12.9. The molecule has 0 radical (unpaired) electrons. The standard InChI is InChI=1S/C17H28N2O6/c1-16(2,3)25-15(23)18-11-7-8-17(4,24)9-10-5-6-12(14(21)22)19(10)13(11)20/h10-12,24H,5-9H2,1-4H3,(H,18,23)(H,21,22)/t10-,11+,12+,17+/m1/s1. The molecule has 8 nitrogen and oxygen atoms in total. The Bertz CT molecular complexity index is 554. The topological polar surface area (TPSA) is 116 Å². The number of carboxylic acid groups (broad SMARTS) is 1. The van der Waals surface area contributed by atoms with Crippen molar-refractivity contribution in [2.75, 3.05) is 0 Å². The van der Waals surface area contributed by atoms with Gasteiger partial charge in [0.05, 0.1) is 5.60 Å². The van der Waals surface area contributed by atoms with Crippen LogP contribution in [-0.2, 0) is 14.3 Å². The normalized spacial score (nSPS) is 33.2. The summed E-state index contributed by atoms with van der Waals surface area (Å²) in [6.45, 7) is 6.83. The third-order valence-corrected chi connectivity index (χ3v) is 4.68. The highest BCUT2D eigenvalue weighted by Crippen LogP contribution is 2.35. The van der Waals surface area contributed by atoms with E-state index in [1.165, 1.54) is 4.90 Å². The first-order valence-electron chi connectivity index (χ1n) is 8.66. The predicted octanol–water partition coefficient (Wildman–Crippen LogP) is 1.26. The van der Waals surface area contributed by atoms with Crippen LogP contribution in [0.4, 0.5) is 4.79 Å². The summed E-state index contributed by atoms with van der Waals surface area (Å²) in [5.41, 5.74) is -1.73. The van der Waals surface area contributed by atoms with Gasteiger partial charge < -0.3 is 25.2 Å². The molecule has 142 valence electrons. The van der Waals surface area contributed by atoms with Crippen LogP contribution < -0.4 is 5.32 Å². The number of aliphatic carboxylic acids is 1. The zero-order valence-electron chi connectivity index (χ0n) is 15.2. The van der Waals surface area contributed by atoms with Crippen LogP contribution in [0, 0.1) is 0 Å². The number of hydrogen-bond acceptors (Lipinski definition) is 5. The molecule has 2 rings (SSSR count). The molecule has 3 N–H and O–H groups in total. The Labute approximate surface area is 147 Å². The largest absolute Gasteiger partial charge is 0.480 e. The van der Waals surface area contributed by atoms with E-state index in [0.717, 1.165) is 0 Å². The minimum atomic E-state index is -1.06. The van der Waals surface area contributed by atoms with Crippen molar-refractivity contribution in [2.45, 2.75) is 89.1 Å². The Morgan fingerprint density at radius 2 is 1.92 bits per heavy atom. The van der Waals surface area contributed by atoms with E-state index in [1.807, 2.05) is 0 Å². The summed E-state index contributed by atoms with van der Waals surface area (Å²) in [5, 5.41) is 22.5. The number of nitrogens with one attached hydrogen (secondary N) is 1. The average molecular weight is 356 g/mol. The Morgan fingerprint density at radius 3 is 2.48 bits per heavy atom. The van der Waals surface area contributed by atoms with Gasteiger partial charge in [-0.25, -0.2) is 9.59 Å². The number of ether oxygens (including phenoxy) is 1. The molecular weight excluding hydrogens is 328 g/mol. The fourth-order valence-corrected chi connectivity index (χ4v) is 3.61. The van der Waals surface area contributed by atoms with Crippen molar-refractivity contribution in [2.24, 2.45) is 0 Å². The zero-order chi connectivity index (χ0) is 19.0. The average Bonchev–Trinajstić information content (AvgIpc) is 2.82. The van der Waals surface area contributed by atoms with Crippen LogP contribution in [0.5, 0.6) is 0 Å². The number of nitrogens with zero attached hydrogens (tertiary/aromatic N) is 1. The number of rotatable bonds is 2. The molecule has 2 fully saturated rings. The molecular formula is C17H28N2O6. The summed E-state index contributed by atoms with van der Waals surface area (Å²) >= 11 is 0. The first-order valence-corrected chi connectivity index (χ1v) is 8.66. The number of aliphatic hydroxyl groups is 1. The molecule has 8 heteroatoms. The summed E-state index contributed by atoms with van der Waals surface area (Å²) in [5.74, 6) is -1.48. The number of carbonyl (C=O) groups excluding carboxylic acids is 2.